The van der Waals surface area contributed by atoms with Crippen molar-refractivity contribution in [2.24, 2.45) is 0 Å². The smallest absolute Gasteiger partial charge is 0.188 e. The maximum absolute atomic E-state index is 4.96. The lowest BCUT2D eigenvalue weighted by Gasteiger charge is -2.11. The van der Waals surface area contributed by atoms with Crippen molar-refractivity contribution >= 4 is 11.8 Å². The molecule has 16 heavy (non-hydrogen) atoms. The van der Waals surface area contributed by atoms with E-state index in [0.717, 1.165) is 30.5 Å². The molecule has 0 bridgehead atoms. The van der Waals surface area contributed by atoms with Gasteiger partial charge in [0.05, 0.1) is 6.61 Å². The molecular formula is C11H19N3OS. The Morgan fingerprint density at radius 2 is 2.38 bits per heavy atom. The van der Waals surface area contributed by atoms with Gasteiger partial charge in [-0.15, -0.1) is 0 Å². The minimum absolute atomic E-state index is 0.457. The van der Waals surface area contributed by atoms with Gasteiger partial charge in [-0.3, -0.25) is 0 Å². The van der Waals surface area contributed by atoms with Gasteiger partial charge in [-0.2, -0.15) is 0 Å². The van der Waals surface area contributed by atoms with Crippen LogP contribution in [0.25, 0.3) is 0 Å². The van der Waals surface area contributed by atoms with E-state index in [1.165, 1.54) is 0 Å². The molecule has 1 rings (SSSR count). The molecule has 90 valence electrons. The molecule has 0 saturated carbocycles. The Morgan fingerprint density at radius 1 is 1.56 bits per heavy atom. The predicted octanol–water partition coefficient (Wildman–Crippen LogP) is 1.50. The maximum Gasteiger partial charge on any atom is 0.188 e. The van der Waals surface area contributed by atoms with Gasteiger partial charge in [0.25, 0.3) is 0 Å². The second kappa shape index (κ2) is 7.60. The van der Waals surface area contributed by atoms with Crippen LogP contribution in [0.5, 0.6) is 0 Å². The van der Waals surface area contributed by atoms with E-state index in [2.05, 4.69) is 22.2 Å². The Bertz CT molecular complexity index is 309. The number of nitrogens with zero attached hydrogens (tertiary/aromatic N) is 2. The Hall–Kier alpha value is -0.650. The molecule has 4 nitrogen and oxygen atoms in total. The third-order valence-electron chi connectivity index (χ3n) is 1.99. The van der Waals surface area contributed by atoms with E-state index in [9.17, 15) is 0 Å². The molecule has 0 aliphatic carbocycles. The van der Waals surface area contributed by atoms with Crippen molar-refractivity contribution in [3.8, 4) is 0 Å². The van der Waals surface area contributed by atoms with Crippen LogP contribution in [0.1, 0.15) is 12.6 Å². The van der Waals surface area contributed by atoms with Gasteiger partial charge in [0.1, 0.15) is 0 Å². The summed E-state index contributed by atoms with van der Waals surface area (Å²) in [6.45, 7) is 6.71. The second-order valence-corrected chi connectivity index (χ2v) is 5.01. The molecule has 5 heteroatoms. The molecule has 1 N–H and O–H groups in total. The number of thioether (sulfide) groups is 1. The lowest BCUT2D eigenvalue weighted by molar-refractivity contribution is 0.199. The number of nitrogens with one attached hydrogen (secondary N) is 1. The summed E-state index contributed by atoms with van der Waals surface area (Å²) in [5.74, 6) is 0. The first-order chi connectivity index (χ1) is 7.72. The number of methoxy groups -OCH3 is 1. The third kappa shape index (κ3) is 5.44. The van der Waals surface area contributed by atoms with E-state index in [-0.39, 0.29) is 0 Å². The molecule has 0 saturated heterocycles. The average Bonchev–Trinajstić information content (AvgIpc) is 2.24. The summed E-state index contributed by atoms with van der Waals surface area (Å²) in [5, 5.41) is 4.62. The van der Waals surface area contributed by atoms with Gasteiger partial charge in [-0.25, -0.2) is 9.97 Å². The van der Waals surface area contributed by atoms with Crippen LogP contribution in [0.15, 0.2) is 17.4 Å². The van der Waals surface area contributed by atoms with Gasteiger partial charge in [0, 0.05) is 37.3 Å². The van der Waals surface area contributed by atoms with Gasteiger partial charge >= 0.3 is 0 Å². The van der Waals surface area contributed by atoms with Gasteiger partial charge in [0.15, 0.2) is 5.16 Å². The molecule has 0 aliphatic heterocycles. The molecule has 0 aromatic carbocycles. The summed E-state index contributed by atoms with van der Waals surface area (Å²) in [7, 11) is 1.71. The fourth-order valence-corrected chi connectivity index (χ4v) is 2.06. The van der Waals surface area contributed by atoms with Gasteiger partial charge in [0.2, 0.25) is 0 Å². The predicted molar refractivity (Wildman–Crippen MR) is 66.8 cm³/mol. The van der Waals surface area contributed by atoms with E-state index in [0.29, 0.717) is 5.25 Å². The molecule has 1 aromatic rings. The minimum Gasteiger partial charge on any atom is -0.383 e. The van der Waals surface area contributed by atoms with Crippen LogP contribution in [0, 0.1) is 6.92 Å². The van der Waals surface area contributed by atoms with Crippen molar-refractivity contribution < 1.29 is 4.74 Å². The molecule has 0 fully saturated rings. The zero-order valence-electron chi connectivity index (χ0n) is 10.1. The first kappa shape index (κ1) is 13.4. The van der Waals surface area contributed by atoms with Crippen LogP contribution in [-0.4, -0.2) is 42.0 Å². The monoisotopic (exact) mass is 241 g/mol. The Labute approximate surface area is 101 Å². The summed E-state index contributed by atoms with van der Waals surface area (Å²) < 4.78 is 4.96. The van der Waals surface area contributed by atoms with Crippen LogP contribution in [-0.2, 0) is 4.74 Å². The Balaban J connectivity index is 2.25. The molecule has 0 spiro atoms. The SMILES string of the molecule is COCCNCC(C)Sc1nccc(C)n1. The number of aromatic nitrogens is 2. The number of hydrogen-bond donors (Lipinski definition) is 1. The Morgan fingerprint density at radius 3 is 3.06 bits per heavy atom. The lowest BCUT2D eigenvalue weighted by atomic mass is 10.4. The number of aryl methyl sites for hydroxylation is 1. The van der Waals surface area contributed by atoms with Gasteiger partial charge < -0.3 is 10.1 Å². The number of hydrogen-bond acceptors (Lipinski definition) is 5. The second-order valence-electron chi connectivity index (χ2n) is 3.61. The highest BCUT2D eigenvalue weighted by atomic mass is 32.2. The van der Waals surface area contributed by atoms with E-state index in [1.807, 2.05) is 13.0 Å². The molecule has 0 aliphatic rings. The first-order valence-electron chi connectivity index (χ1n) is 5.38. The molecule has 1 heterocycles. The summed E-state index contributed by atoms with van der Waals surface area (Å²) in [4.78, 5) is 8.58. The van der Waals surface area contributed by atoms with E-state index < -0.39 is 0 Å². The zero-order valence-corrected chi connectivity index (χ0v) is 10.9. The van der Waals surface area contributed by atoms with E-state index in [4.69, 9.17) is 4.74 Å². The average molecular weight is 241 g/mol. The highest BCUT2D eigenvalue weighted by Crippen LogP contribution is 2.17. The normalized spacial score (nSPS) is 12.7. The van der Waals surface area contributed by atoms with E-state index in [1.54, 1.807) is 25.1 Å². The minimum atomic E-state index is 0.457. The van der Waals surface area contributed by atoms with Crippen molar-refractivity contribution in [1.82, 2.24) is 15.3 Å². The maximum atomic E-state index is 4.96. The lowest BCUT2D eigenvalue weighted by Crippen LogP contribution is -2.26. The largest absolute Gasteiger partial charge is 0.383 e. The summed E-state index contributed by atoms with van der Waals surface area (Å²) in [6, 6.07) is 1.91. The fourth-order valence-electron chi connectivity index (χ4n) is 1.18. The van der Waals surface area contributed by atoms with Crippen molar-refractivity contribution in [2.75, 3.05) is 26.8 Å². The fraction of sp³-hybridized carbons (Fsp3) is 0.636. The standard InChI is InChI=1S/C11H19N3OS/c1-9-4-5-13-11(14-9)16-10(2)8-12-6-7-15-3/h4-5,10,12H,6-8H2,1-3H3. The number of ether oxygens (including phenoxy) is 1. The van der Waals surface area contributed by atoms with E-state index >= 15 is 0 Å². The molecule has 1 atom stereocenters. The van der Waals surface area contributed by atoms with Crippen LogP contribution in [0.2, 0.25) is 0 Å². The van der Waals surface area contributed by atoms with Crippen molar-refractivity contribution in [2.45, 2.75) is 24.3 Å². The van der Waals surface area contributed by atoms with Crippen LogP contribution in [0.4, 0.5) is 0 Å². The molecule has 0 radical (unpaired) electrons. The Kier molecular flexibility index (Phi) is 6.37. The highest BCUT2D eigenvalue weighted by Gasteiger charge is 2.06. The summed E-state index contributed by atoms with van der Waals surface area (Å²) in [6.07, 6.45) is 1.80. The third-order valence-corrected chi connectivity index (χ3v) is 2.97. The van der Waals surface area contributed by atoms with Crippen LogP contribution in [0.3, 0.4) is 0 Å². The highest BCUT2D eigenvalue weighted by molar-refractivity contribution is 7.99. The summed E-state index contributed by atoms with van der Waals surface area (Å²) in [5.41, 5.74) is 1.01. The van der Waals surface area contributed by atoms with Crippen LogP contribution < -0.4 is 5.32 Å². The molecule has 1 aromatic heterocycles. The van der Waals surface area contributed by atoms with Crippen molar-refractivity contribution in [1.29, 1.82) is 0 Å². The quantitative estimate of drug-likeness (QED) is 0.445. The molecule has 0 amide bonds. The van der Waals surface area contributed by atoms with Gasteiger partial charge in [-0.1, -0.05) is 18.7 Å². The zero-order chi connectivity index (χ0) is 11.8. The number of rotatable bonds is 7. The van der Waals surface area contributed by atoms with Crippen molar-refractivity contribution in [3.63, 3.8) is 0 Å². The van der Waals surface area contributed by atoms with Crippen molar-refractivity contribution in [3.05, 3.63) is 18.0 Å². The molecule has 1 unspecified atom stereocenters. The first-order valence-corrected chi connectivity index (χ1v) is 6.26. The van der Waals surface area contributed by atoms with Gasteiger partial charge in [-0.05, 0) is 13.0 Å². The topological polar surface area (TPSA) is 47.0 Å². The summed E-state index contributed by atoms with van der Waals surface area (Å²) >= 11 is 1.69. The molecular weight excluding hydrogens is 222 g/mol. The van der Waals surface area contributed by atoms with Crippen LogP contribution >= 0.6 is 11.8 Å².